The highest BCUT2D eigenvalue weighted by molar-refractivity contribution is 9.11. The summed E-state index contributed by atoms with van der Waals surface area (Å²) in [6, 6.07) is 7.62. The Kier molecular flexibility index (Phi) is 11.1. The molecule has 2 unspecified atom stereocenters. The number of allylic oxidation sites excluding steroid dienone is 2. The lowest BCUT2D eigenvalue weighted by atomic mass is 9.73. The predicted octanol–water partition coefficient (Wildman–Crippen LogP) is 7.68. The van der Waals surface area contributed by atoms with Crippen molar-refractivity contribution < 1.29 is 4.79 Å². The second-order valence-corrected chi connectivity index (χ2v) is 12.0. The minimum Gasteiger partial charge on any atom is -0.383 e. The van der Waals surface area contributed by atoms with E-state index in [1.54, 1.807) is 23.6 Å². The summed E-state index contributed by atoms with van der Waals surface area (Å²) in [6.45, 7) is 10.9. The minimum atomic E-state index is 0.347. The molecular weight excluding hydrogens is 496 g/mol. The maximum atomic E-state index is 10.8. The molecule has 0 spiro atoms. The summed E-state index contributed by atoms with van der Waals surface area (Å²) >= 11 is 3.66. The Hall–Kier alpha value is -1.39. The number of carbonyl (C=O) groups is 1. The van der Waals surface area contributed by atoms with Crippen molar-refractivity contribution in [2.45, 2.75) is 97.4 Å². The highest BCUT2D eigenvalue weighted by Gasteiger charge is 2.36. The summed E-state index contributed by atoms with van der Waals surface area (Å²) in [5, 5.41) is 3.74. The van der Waals surface area contributed by atoms with Gasteiger partial charge in [0.1, 0.15) is 5.78 Å². The SMILES string of the molecule is CC(=O)CC1CCN(C)CC1.CCCC(CCC)C1c2ccc(C)cc2CCC2=CC(Br)=CNC21. The fourth-order valence-electron chi connectivity index (χ4n) is 6.33. The molecule has 2 heterocycles. The van der Waals surface area contributed by atoms with Crippen molar-refractivity contribution >= 4 is 21.7 Å². The Labute approximate surface area is 223 Å². The highest BCUT2D eigenvalue weighted by atomic mass is 79.9. The standard InChI is InChI=1S/C22H30BrN.C9H17NO/c1-4-6-16(7-5-2)21-20-11-8-15(3)12-17(20)9-10-18-13-19(23)14-24-22(18)21;1-8(11)7-9-3-5-10(2)6-4-9/h8,11-14,16,21-22,24H,4-7,9-10H2,1-3H3;9H,3-7H2,1-2H3. The zero-order chi connectivity index (χ0) is 25.4. The van der Waals surface area contributed by atoms with Gasteiger partial charge in [0.25, 0.3) is 0 Å². The molecule has 2 atom stereocenters. The van der Waals surface area contributed by atoms with E-state index in [1.807, 2.05) is 0 Å². The minimum absolute atomic E-state index is 0.347. The summed E-state index contributed by atoms with van der Waals surface area (Å²) < 4.78 is 1.18. The Morgan fingerprint density at radius 1 is 1.14 bits per heavy atom. The van der Waals surface area contributed by atoms with Crippen LogP contribution in [-0.4, -0.2) is 36.9 Å². The third kappa shape index (κ3) is 8.05. The summed E-state index contributed by atoms with van der Waals surface area (Å²) in [4.78, 5) is 13.1. The maximum absolute atomic E-state index is 10.8. The van der Waals surface area contributed by atoms with Crippen LogP contribution in [0.3, 0.4) is 0 Å². The van der Waals surface area contributed by atoms with Gasteiger partial charge in [-0.3, -0.25) is 0 Å². The number of benzene rings is 1. The van der Waals surface area contributed by atoms with Crippen LogP contribution in [0.4, 0.5) is 0 Å². The van der Waals surface area contributed by atoms with Crippen LogP contribution < -0.4 is 5.32 Å². The molecule has 1 saturated heterocycles. The number of fused-ring (bicyclic) bond motifs is 2. The van der Waals surface area contributed by atoms with E-state index in [-0.39, 0.29) is 0 Å². The van der Waals surface area contributed by atoms with E-state index in [0.717, 1.165) is 25.4 Å². The number of piperidine rings is 1. The first kappa shape index (κ1) is 28.2. The predicted molar refractivity (Wildman–Crippen MR) is 153 cm³/mol. The number of nitrogens with zero attached hydrogens (tertiary/aromatic N) is 1. The lowest BCUT2D eigenvalue weighted by Crippen LogP contribution is -2.38. The lowest BCUT2D eigenvalue weighted by molar-refractivity contribution is -0.118. The fourth-order valence-corrected chi connectivity index (χ4v) is 6.75. The summed E-state index contributed by atoms with van der Waals surface area (Å²) in [7, 11) is 2.14. The fraction of sp³-hybridized carbons (Fsp3) is 0.645. The number of hydrogen-bond donors (Lipinski definition) is 1. The molecule has 0 radical (unpaired) electrons. The number of Topliss-reactive ketones (excluding diaryl/α,β-unsaturated/α-hetero) is 1. The van der Waals surface area contributed by atoms with Crippen LogP contribution in [0.15, 0.2) is 40.5 Å². The van der Waals surface area contributed by atoms with Crippen molar-refractivity contribution in [3.63, 3.8) is 0 Å². The molecule has 194 valence electrons. The summed E-state index contributed by atoms with van der Waals surface area (Å²) in [5.74, 6) is 2.36. The Bertz CT molecular complexity index is 891. The number of hydrogen-bond acceptors (Lipinski definition) is 3. The van der Waals surface area contributed by atoms with Gasteiger partial charge < -0.3 is 15.0 Å². The molecule has 0 bridgehead atoms. The van der Waals surface area contributed by atoms with Gasteiger partial charge >= 0.3 is 0 Å². The van der Waals surface area contributed by atoms with Gasteiger partial charge in [-0.25, -0.2) is 0 Å². The molecule has 0 aromatic heterocycles. The molecule has 1 fully saturated rings. The molecule has 0 saturated carbocycles. The van der Waals surface area contributed by atoms with E-state index >= 15 is 0 Å². The van der Waals surface area contributed by atoms with Gasteiger partial charge in [-0.2, -0.15) is 0 Å². The van der Waals surface area contributed by atoms with Crippen molar-refractivity contribution in [3.05, 3.63) is 57.2 Å². The van der Waals surface area contributed by atoms with Crippen molar-refractivity contribution in [1.29, 1.82) is 0 Å². The quantitative estimate of drug-likeness (QED) is 0.383. The molecule has 3 nitrogen and oxygen atoms in total. The van der Waals surface area contributed by atoms with Gasteiger partial charge in [-0.1, -0.05) is 63.3 Å². The maximum Gasteiger partial charge on any atom is 0.130 e. The van der Waals surface area contributed by atoms with Crippen molar-refractivity contribution in [2.75, 3.05) is 20.1 Å². The Balaban J connectivity index is 0.000000261. The van der Waals surface area contributed by atoms with Crippen LogP contribution in [0.2, 0.25) is 0 Å². The molecular formula is C31H47BrN2O. The van der Waals surface area contributed by atoms with E-state index in [9.17, 15) is 4.79 Å². The Morgan fingerprint density at radius 3 is 2.46 bits per heavy atom. The lowest BCUT2D eigenvalue weighted by Gasteiger charge is -2.36. The van der Waals surface area contributed by atoms with Crippen LogP contribution >= 0.6 is 15.9 Å². The number of aryl methyl sites for hydroxylation is 2. The molecule has 0 amide bonds. The van der Waals surface area contributed by atoms with Crippen LogP contribution in [-0.2, 0) is 11.2 Å². The summed E-state index contributed by atoms with van der Waals surface area (Å²) in [6.07, 6.45) is 15.2. The normalized spacial score (nSPS) is 22.6. The Morgan fingerprint density at radius 2 is 1.83 bits per heavy atom. The van der Waals surface area contributed by atoms with Gasteiger partial charge in [-0.15, -0.1) is 0 Å². The van der Waals surface area contributed by atoms with E-state index < -0.39 is 0 Å². The van der Waals surface area contributed by atoms with Gasteiger partial charge in [-0.05, 0) is 110 Å². The van der Waals surface area contributed by atoms with Gasteiger partial charge in [0.2, 0.25) is 0 Å². The smallest absolute Gasteiger partial charge is 0.130 e. The van der Waals surface area contributed by atoms with Crippen molar-refractivity contribution in [1.82, 2.24) is 10.2 Å². The average Bonchev–Trinajstić information content (AvgIpc) is 2.97. The van der Waals surface area contributed by atoms with E-state index in [2.05, 4.69) is 84.4 Å². The van der Waals surface area contributed by atoms with Gasteiger partial charge in [0.05, 0.1) is 6.04 Å². The second kappa shape index (κ2) is 13.8. The molecule has 4 heteroatoms. The van der Waals surface area contributed by atoms with E-state index in [4.69, 9.17) is 0 Å². The number of nitrogens with one attached hydrogen (secondary N) is 1. The molecule has 4 rings (SSSR count). The molecule has 3 aliphatic rings. The largest absolute Gasteiger partial charge is 0.383 e. The van der Waals surface area contributed by atoms with Crippen molar-refractivity contribution in [3.8, 4) is 0 Å². The first-order chi connectivity index (χ1) is 16.8. The molecule has 1 N–H and O–H groups in total. The number of likely N-dealkylation sites (tertiary alicyclic amines) is 1. The third-order valence-corrected chi connectivity index (χ3v) is 8.52. The van der Waals surface area contributed by atoms with Crippen LogP contribution in [0.1, 0.15) is 94.7 Å². The van der Waals surface area contributed by atoms with E-state index in [0.29, 0.717) is 23.7 Å². The molecule has 2 aliphatic heterocycles. The van der Waals surface area contributed by atoms with Crippen molar-refractivity contribution in [2.24, 2.45) is 11.8 Å². The monoisotopic (exact) mass is 542 g/mol. The molecule has 1 aromatic carbocycles. The number of carbonyl (C=O) groups excluding carboxylic acids is 1. The van der Waals surface area contributed by atoms with Crippen LogP contribution in [0.5, 0.6) is 0 Å². The van der Waals surface area contributed by atoms with Crippen LogP contribution in [0.25, 0.3) is 0 Å². The molecule has 1 aromatic rings. The van der Waals surface area contributed by atoms with E-state index in [1.165, 1.54) is 61.4 Å². The molecule has 1 aliphatic carbocycles. The second-order valence-electron chi connectivity index (χ2n) is 11.1. The highest BCUT2D eigenvalue weighted by Crippen LogP contribution is 2.43. The number of dihydropyridines is 1. The first-order valence-corrected chi connectivity index (χ1v) is 14.7. The van der Waals surface area contributed by atoms with Gasteiger partial charge in [0, 0.05) is 23.0 Å². The molecule has 35 heavy (non-hydrogen) atoms. The first-order valence-electron chi connectivity index (χ1n) is 13.9. The van der Waals surface area contributed by atoms with Gasteiger partial charge in [0.15, 0.2) is 0 Å². The zero-order valence-electron chi connectivity index (χ0n) is 22.7. The number of rotatable bonds is 7. The third-order valence-electron chi connectivity index (χ3n) is 8.06. The zero-order valence-corrected chi connectivity index (χ0v) is 24.3. The van der Waals surface area contributed by atoms with Crippen LogP contribution in [0, 0.1) is 18.8 Å². The average molecular weight is 544 g/mol. The summed E-state index contributed by atoms with van der Waals surface area (Å²) in [5.41, 5.74) is 6.13. The number of halogens is 1. The topological polar surface area (TPSA) is 32.3 Å². The number of ketones is 1.